The molecule has 1 aliphatic heterocycles. The molecule has 1 N–H and O–H groups in total. The summed E-state index contributed by atoms with van der Waals surface area (Å²) in [4.78, 5) is 11.2. The molecule has 0 aromatic heterocycles. The summed E-state index contributed by atoms with van der Waals surface area (Å²) in [5.41, 5.74) is 1.05. The highest BCUT2D eigenvalue weighted by molar-refractivity contribution is 8.76. The number of para-hydroxylation sites is 1. The molecule has 7 heteroatoms. The van der Waals surface area contributed by atoms with E-state index in [9.17, 15) is 4.79 Å². The van der Waals surface area contributed by atoms with Crippen LogP contribution < -0.4 is 10.3 Å². The van der Waals surface area contributed by atoms with Crippen molar-refractivity contribution >= 4 is 33.4 Å². The molecule has 5 nitrogen and oxygen atoms in total. The lowest BCUT2D eigenvalue weighted by Crippen LogP contribution is -2.35. The highest BCUT2D eigenvalue weighted by atomic mass is 33.1. The number of hydrogen-bond donors (Lipinski definition) is 1. The fraction of sp³-hybridized carbons (Fsp3) is 0.500. The molecule has 1 aromatic carbocycles. The second kappa shape index (κ2) is 8.29. The van der Waals surface area contributed by atoms with Crippen LogP contribution in [0, 0.1) is 0 Å². The molecule has 0 saturated carbocycles. The number of carbonyl (C=O) groups excluding carboxylic acids is 1. The number of rotatable bonds is 6. The van der Waals surface area contributed by atoms with Gasteiger partial charge in [0.05, 0.1) is 16.7 Å². The van der Waals surface area contributed by atoms with Crippen molar-refractivity contribution in [3.8, 4) is 0 Å². The lowest BCUT2D eigenvalue weighted by Gasteiger charge is -2.30. The highest BCUT2D eigenvalue weighted by Gasteiger charge is 2.24. The molecule has 0 spiro atoms. The Morgan fingerprint density at radius 1 is 1.43 bits per heavy atom. The summed E-state index contributed by atoms with van der Waals surface area (Å²) in [5.74, 6) is 0.0344. The van der Waals surface area contributed by atoms with E-state index in [0.29, 0.717) is 0 Å². The van der Waals surface area contributed by atoms with Crippen LogP contribution in [-0.2, 0) is 4.79 Å². The second-order valence-electron chi connectivity index (χ2n) is 4.86. The maximum absolute atomic E-state index is 11.2. The molecular weight excluding hydrogens is 304 g/mol. The fourth-order valence-electron chi connectivity index (χ4n) is 2.20. The Hall–Kier alpha value is -1.21. The summed E-state index contributed by atoms with van der Waals surface area (Å²) in [7, 11) is 3.13. The van der Waals surface area contributed by atoms with Gasteiger partial charge in [0, 0.05) is 13.0 Å². The van der Waals surface area contributed by atoms with Crippen molar-refractivity contribution in [2.24, 2.45) is 9.74 Å². The SMILES string of the molecule is CCC(CCC1SSN=NN1c1ccccc1)NC(C)=O. The number of nitrogens with one attached hydrogen (secondary N) is 1. The molecular formula is C14H20N4OS2. The minimum atomic E-state index is 0.0344. The van der Waals surface area contributed by atoms with Crippen LogP contribution in [0.3, 0.4) is 0 Å². The third-order valence-corrected chi connectivity index (χ3v) is 5.28. The monoisotopic (exact) mass is 324 g/mol. The molecule has 1 heterocycles. The van der Waals surface area contributed by atoms with E-state index in [1.54, 1.807) is 17.7 Å². The Bertz CT molecular complexity index is 483. The van der Waals surface area contributed by atoms with E-state index in [0.717, 1.165) is 24.9 Å². The van der Waals surface area contributed by atoms with E-state index in [-0.39, 0.29) is 17.3 Å². The standard InChI is InChI=1S/C14H20N4OS2/c1-3-12(15-11(2)19)9-10-14-18(16-17-21-20-14)13-7-5-4-6-8-13/h4-8,12,14H,3,9-10H2,1-2H3,(H,15,19). The first-order valence-corrected chi connectivity index (χ1v) is 9.22. The van der Waals surface area contributed by atoms with E-state index < -0.39 is 0 Å². The summed E-state index contributed by atoms with van der Waals surface area (Å²) >= 11 is 0. The zero-order valence-electron chi connectivity index (χ0n) is 12.2. The zero-order chi connectivity index (χ0) is 15.1. The third kappa shape index (κ3) is 4.93. The molecule has 114 valence electrons. The summed E-state index contributed by atoms with van der Waals surface area (Å²) in [6.45, 7) is 3.66. The zero-order valence-corrected chi connectivity index (χ0v) is 13.9. The Kier molecular flexibility index (Phi) is 6.38. The van der Waals surface area contributed by atoms with Gasteiger partial charge in [-0.25, -0.2) is 5.01 Å². The average Bonchev–Trinajstić information content (AvgIpc) is 2.52. The normalized spacial score (nSPS) is 19.3. The smallest absolute Gasteiger partial charge is 0.217 e. The van der Waals surface area contributed by atoms with Crippen molar-refractivity contribution in [3.05, 3.63) is 30.3 Å². The number of hydrogen-bond acceptors (Lipinski definition) is 6. The van der Waals surface area contributed by atoms with Crippen LogP contribution in [0.5, 0.6) is 0 Å². The molecule has 1 amide bonds. The first-order chi connectivity index (χ1) is 10.2. The van der Waals surface area contributed by atoms with Crippen LogP contribution >= 0.6 is 21.8 Å². The summed E-state index contributed by atoms with van der Waals surface area (Å²) < 4.78 is 4.04. The van der Waals surface area contributed by atoms with Crippen LogP contribution in [0.25, 0.3) is 0 Å². The molecule has 2 atom stereocenters. The predicted molar refractivity (Wildman–Crippen MR) is 89.9 cm³/mol. The third-order valence-electron chi connectivity index (χ3n) is 3.28. The van der Waals surface area contributed by atoms with E-state index in [4.69, 9.17) is 0 Å². The maximum Gasteiger partial charge on any atom is 0.217 e. The predicted octanol–water partition coefficient (Wildman–Crippen LogP) is 4.19. The summed E-state index contributed by atoms with van der Waals surface area (Å²) in [6, 6.07) is 10.3. The maximum atomic E-state index is 11.2. The minimum Gasteiger partial charge on any atom is -0.354 e. The Morgan fingerprint density at radius 2 is 2.19 bits per heavy atom. The van der Waals surface area contributed by atoms with Crippen molar-refractivity contribution < 1.29 is 4.79 Å². The minimum absolute atomic E-state index is 0.0344. The van der Waals surface area contributed by atoms with E-state index in [1.807, 2.05) is 35.3 Å². The molecule has 2 rings (SSSR count). The number of benzene rings is 1. The molecule has 0 bridgehead atoms. The van der Waals surface area contributed by atoms with Gasteiger partial charge >= 0.3 is 0 Å². The first-order valence-electron chi connectivity index (χ1n) is 7.05. The van der Waals surface area contributed by atoms with Gasteiger partial charge in [0.2, 0.25) is 5.91 Å². The molecule has 21 heavy (non-hydrogen) atoms. The van der Waals surface area contributed by atoms with Crippen molar-refractivity contribution in [1.29, 1.82) is 0 Å². The lowest BCUT2D eigenvalue weighted by molar-refractivity contribution is -0.119. The van der Waals surface area contributed by atoms with Gasteiger partial charge in [-0.15, -0.1) is 0 Å². The average molecular weight is 324 g/mol. The van der Waals surface area contributed by atoms with E-state index >= 15 is 0 Å². The van der Waals surface area contributed by atoms with Crippen LogP contribution in [-0.4, -0.2) is 17.3 Å². The Balaban J connectivity index is 1.97. The molecule has 0 aliphatic carbocycles. The van der Waals surface area contributed by atoms with E-state index in [1.165, 1.54) is 11.0 Å². The summed E-state index contributed by atoms with van der Waals surface area (Å²) in [5, 5.41) is 9.45. The van der Waals surface area contributed by atoms with Crippen molar-refractivity contribution in [3.63, 3.8) is 0 Å². The molecule has 1 aromatic rings. The fourth-order valence-corrected chi connectivity index (χ4v) is 3.96. The number of carbonyl (C=O) groups is 1. The largest absolute Gasteiger partial charge is 0.354 e. The molecule has 0 fully saturated rings. The van der Waals surface area contributed by atoms with Crippen molar-refractivity contribution in [1.82, 2.24) is 5.32 Å². The Labute approximate surface area is 133 Å². The van der Waals surface area contributed by atoms with Gasteiger partial charge in [-0.1, -0.05) is 34.9 Å². The van der Waals surface area contributed by atoms with Gasteiger partial charge in [0.1, 0.15) is 5.37 Å². The van der Waals surface area contributed by atoms with Gasteiger partial charge in [-0.05, 0) is 42.2 Å². The highest BCUT2D eigenvalue weighted by Crippen LogP contribution is 2.40. The first kappa shape index (κ1) is 16.2. The molecule has 2 unspecified atom stereocenters. The van der Waals surface area contributed by atoms with Gasteiger partial charge in [-0.3, -0.25) is 4.79 Å². The van der Waals surface area contributed by atoms with E-state index in [2.05, 4.69) is 22.0 Å². The lowest BCUT2D eigenvalue weighted by atomic mass is 10.1. The van der Waals surface area contributed by atoms with Crippen LogP contribution in [0.4, 0.5) is 5.69 Å². The number of nitrogens with zero attached hydrogens (tertiary/aromatic N) is 3. The number of anilines is 1. The van der Waals surface area contributed by atoms with Gasteiger partial charge in [0.15, 0.2) is 0 Å². The van der Waals surface area contributed by atoms with Gasteiger partial charge in [0.25, 0.3) is 0 Å². The van der Waals surface area contributed by atoms with Crippen molar-refractivity contribution in [2.75, 3.05) is 5.01 Å². The number of amides is 1. The van der Waals surface area contributed by atoms with Gasteiger partial charge < -0.3 is 5.32 Å². The molecule has 1 aliphatic rings. The van der Waals surface area contributed by atoms with Crippen LogP contribution in [0.15, 0.2) is 40.1 Å². The molecule has 0 saturated heterocycles. The van der Waals surface area contributed by atoms with Gasteiger partial charge in [-0.2, -0.15) is 0 Å². The topological polar surface area (TPSA) is 57.1 Å². The van der Waals surface area contributed by atoms with Crippen molar-refractivity contribution in [2.45, 2.75) is 44.5 Å². The summed E-state index contributed by atoms with van der Waals surface area (Å²) in [6.07, 6.45) is 2.83. The Morgan fingerprint density at radius 3 is 2.86 bits per heavy atom. The van der Waals surface area contributed by atoms with Crippen LogP contribution in [0.2, 0.25) is 0 Å². The second-order valence-corrected chi connectivity index (χ2v) is 6.93. The quantitative estimate of drug-likeness (QED) is 0.629. The molecule has 0 radical (unpaired) electrons. The van der Waals surface area contributed by atoms with Crippen LogP contribution in [0.1, 0.15) is 33.1 Å².